The zero-order valence-corrected chi connectivity index (χ0v) is 13.4. The van der Waals surface area contributed by atoms with Crippen molar-refractivity contribution in [2.75, 3.05) is 5.32 Å². The van der Waals surface area contributed by atoms with E-state index in [4.69, 9.17) is 5.73 Å². The molecule has 0 fully saturated rings. The summed E-state index contributed by atoms with van der Waals surface area (Å²) < 4.78 is 0. The second kappa shape index (κ2) is 6.26. The van der Waals surface area contributed by atoms with Crippen molar-refractivity contribution in [2.24, 2.45) is 5.73 Å². The average molecular weight is 307 g/mol. The fourth-order valence-electron chi connectivity index (χ4n) is 2.86. The summed E-state index contributed by atoms with van der Waals surface area (Å²) in [5.74, 6) is -0.160. The summed E-state index contributed by atoms with van der Waals surface area (Å²) >= 11 is 0. The molecule has 4 nitrogen and oxygen atoms in total. The number of amides is 1. The molecule has 118 valence electrons. The molecule has 0 aliphatic rings. The fraction of sp³-hybridized carbons (Fsp3) is 0.211. The Labute approximate surface area is 135 Å². The van der Waals surface area contributed by atoms with Crippen LogP contribution in [0.1, 0.15) is 16.7 Å². The van der Waals surface area contributed by atoms with E-state index in [-0.39, 0.29) is 5.91 Å². The Hall–Kier alpha value is -2.59. The minimum absolute atomic E-state index is 0.160. The number of rotatable bonds is 4. The van der Waals surface area contributed by atoms with Gasteiger partial charge >= 0.3 is 0 Å². The molecule has 0 aliphatic carbocycles. The van der Waals surface area contributed by atoms with Crippen molar-refractivity contribution in [1.29, 1.82) is 0 Å². The molecule has 1 unspecified atom stereocenters. The van der Waals surface area contributed by atoms with Crippen LogP contribution in [0, 0.1) is 13.8 Å². The molecular weight excluding hydrogens is 286 g/mol. The van der Waals surface area contributed by atoms with Crippen LogP contribution >= 0.6 is 0 Å². The Morgan fingerprint density at radius 2 is 1.83 bits per heavy atom. The van der Waals surface area contributed by atoms with E-state index in [9.17, 15) is 4.79 Å². The summed E-state index contributed by atoms with van der Waals surface area (Å²) in [4.78, 5) is 15.6. The third-order valence-electron chi connectivity index (χ3n) is 4.18. The molecule has 0 saturated carbocycles. The van der Waals surface area contributed by atoms with E-state index in [2.05, 4.69) is 10.3 Å². The topological polar surface area (TPSA) is 70.9 Å². The van der Waals surface area contributed by atoms with Crippen LogP contribution < -0.4 is 11.1 Å². The first-order valence-corrected chi connectivity index (χ1v) is 7.74. The van der Waals surface area contributed by atoms with E-state index in [1.807, 2.05) is 62.5 Å². The average Bonchev–Trinajstić information content (AvgIpc) is 2.94. The number of nitrogens with two attached hydrogens (primary N) is 1. The van der Waals surface area contributed by atoms with E-state index < -0.39 is 6.04 Å². The smallest absolute Gasteiger partial charge is 0.241 e. The SMILES string of the molecule is Cc1cccc(C)c1NC(=O)C(N)Cc1c[nH]c2ccccc12. The highest BCUT2D eigenvalue weighted by Gasteiger charge is 2.17. The van der Waals surface area contributed by atoms with Crippen LogP contribution in [-0.4, -0.2) is 16.9 Å². The van der Waals surface area contributed by atoms with Gasteiger partial charge in [-0.1, -0.05) is 36.4 Å². The van der Waals surface area contributed by atoms with Gasteiger partial charge in [0, 0.05) is 22.8 Å². The molecule has 1 heterocycles. The molecule has 0 saturated heterocycles. The first-order valence-electron chi connectivity index (χ1n) is 7.74. The second-order valence-electron chi connectivity index (χ2n) is 5.93. The third-order valence-corrected chi connectivity index (χ3v) is 4.18. The lowest BCUT2D eigenvalue weighted by atomic mass is 10.0. The van der Waals surface area contributed by atoms with Crippen molar-refractivity contribution in [2.45, 2.75) is 26.3 Å². The van der Waals surface area contributed by atoms with E-state index in [1.54, 1.807) is 0 Å². The number of fused-ring (bicyclic) bond motifs is 1. The van der Waals surface area contributed by atoms with Crippen molar-refractivity contribution < 1.29 is 4.79 Å². The molecule has 0 spiro atoms. The number of hydrogen-bond acceptors (Lipinski definition) is 2. The van der Waals surface area contributed by atoms with Crippen molar-refractivity contribution >= 4 is 22.5 Å². The van der Waals surface area contributed by atoms with Gasteiger partial charge in [0.2, 0.25) is 5.91 Å². The van der Waals surface area contributed by atoms with Crippen molar-refractivity contribution in [3.8, 4) is 0 Å². The first-order chi connectivity index (χ1) is 11.1. The molecular formula is C19H21N3O. The number of hydrogen-bond donors (Lipinski definition) is 3. The van der Waals surface area contributed by atoms with Crippen molar-refractivity contribution in [3.63, 3.8) is 0 Å². The lowest BCUT2D eigenvalue weighted by molar-refractivity contribution is -0.117. The van der Waals surface area contributed by atoms with Crippen LogP contribution in [0.3, 0.4) is 0 Å². The van der Waals surface area contributed by atoms with Crippen molar-refractivity contribution in [1.82, 2.24) is 4.98 Å². The van der Waals surface area contributed by atoms with Gasteiger partial charge in [0.1, 0.15) is 0 Å². The lowest BCUT2D eigenvalue weighted by Crippen LogP contribution is -2.37. The van der Waals surface area contributed by atoms with Gasteiger partial charge in [0.25, 0.3) is 0 Å². The van der Waals surface area contributed by atoms with Gasteiger partial charge in [0.05, 0.1) is 6.04 Å². The van der Waals surface area contributed by atoms with Crippen LogP contribution in [-0.2, 0) is 11.2 Å². The zero-order chi connectivity index (χ0) is 16.4. The summed E-state index contributed by atoms with van der Waals surface area (Å²) in [6.07, 6.45) is 2.43. The highest BCUT2D eigenvalue weighted by molar-refractivity contribution is 5.96. The van der Waals surface area contributed by atoms with E-state index in [0.717, 1.165) is 33.3 Å². The quantitative estimate of drug-likeness (QED) is 0.692. The Balaban J connectivity index is 1.75. The maximum absolute atomic E-state index is 12.4. The summed E-state index contributed by atoms with van der Waals surface area (Å²) in [6.45, 7) is 3.96. The van der Waals surface area contributed by atoms with E-state index in [1.165, 1.54) is 0 Å². The Bertz CT molecular complexity index is 830. The molecule has 4 heteroatoms. The highest BCUT2D eigenvalue weighted by Crippen LogP contribution is 2.21. The zero-order valence-electron chi connectivity index (χ0n) is 13.4. The largest absolute Gasteiger partial charge is 0.361 e. The Kier molecular flexibility index (Phi) is 4.17. The number of carbonyl (C=O) groups excluding carboxylic acids is 1. The number of benzene rings is 2. The Morgan fingerprint density at radius 1 is 1.13 bits per heavy atom. The fourth-order valence-corrected chi connectivity index (χ4v) is 2.86. The van der Waals surface area contributed by atoms with E-state index >= 15 is 0 Å². The number of H-pyrrole nitrogens is 1. The first kappa shape index (κ1) is 15.3. The van der Waals surface area contributed by atoms with Gasteiger partial charge in [-0.25, -0.2) is 0 Å². The van der Waals surface area contributed by atoms with Gasteiger partial charge in [-0.2, -0.15) is 0 Å². The minimum Gasteiger partial charge on any atom is -0.361 e. The molecule has 1 aromatic heterocycles. The van der Waals surface area contributed by atoms with Gasteiger partial charge in [0.15, 0.2) is 0 Å². The van der Waals surface area contributed by atoms with Gasteiger partial charge in [-0.15, -0.1) is 0 Å². The minimum atomic E-state index is -0.590. The lowest BCUT2D eigenvalue weighted by Gasteiger charge is -2.15. The molecule has 1 atom stereocenters. The molecule has 0 aliphatic heterocycles. The molecule has 0 radical (unpaired) electrons. The molecule has 23 heavy (non-hydrogen) atoms. The predicted octanol–water partition coefficient (Wildman–Crippen LogP) is 3.29. The van der Waals surface area contributed by atoms with Crippen LogP contribution in [0.2, 0.25) is 0 Å². The monoisotopic (exact) mass is 307 g/mol. The second-order valence-corrected chi connectivity index (χ2v) is 5.93. The molecule has 2 aromatic carbocycles. The van der Waals surface area contributed by atoms with Crippen LogP contribution in [0.15, 0.2) is 48.7 Å². The molecule has 3 rings (SSSR count). The van der Waals surface area contributed by atoms with Crippen LogP contribution in [0.4, 0.5) is 5.69 Å². The molecule has 4 N–H and O–H groups in total. The maximum atomic E-state index is 12.4. The summed E-state index contributed by atoms with van der Waals surface area (Å²) in [7, 11) is 0. The number of anilines is 1. The maximum Gasteiger partial charge on any atom is 0.241 e. The van der Waals surface area contributed by atoms with Crippen LogP contribution in [0.25, 0.3) is 10.9 Å². The summed E-state index contributed by atoms with van der Waals surface area (Å²) in [5, 5.41) is 4.08. The van der Waals surface area contributed by atoms with Gasteiger partial charge in [-0.05, 0) is 43.0 Å². The van der Waals surface area contributed by atoms with Gasteiger partial charge < -0.3 is 16.0 Å². The summed E-state index contributed by atoms with van der Waals surface area (Å²) in [5.41, 5.74) is 11.2. The standard InChI is InChI=1S/C19H21N3O/c1-12-6-5-7-13(2)18(12)22-19(23)16(20)10-14-11-21-17-9-4-3-8-15(14)17/h3-9,11,16,21H,10,20H2,1-2H3,(H,22,23). The summed E-state index contributed by atoms with van der Waals surface area (Å²) in [6, 6.07) is 13.4. The van der Waals surface area contributed by atoms with Crippen LogP contribution in [0.5, 0.6) is 0 Å². The molecule has 1 amide bonds. The number of aromatic nitrogens is 1. The highest BCUT2D eigenvalue weighted by atomic mass is 16.2. The number of nitrogens with one attached hydrogen (secondary N) is 2. The molecule has 3 aromatic rings. The number of carbonyl (C=O) groups is 1. The number of aryl methyl sites for hydroxylation is 2. The third kappa shape index (κ3) is 3.12. The molecule has 0 bridgehead atoms. The van der Waals surface area contributed by atoms with Crippen molar-refractivity contribution in [3.05, 3.63) is 65.4 Å². The number of para-hydroxylation sites is 2. The Morgan fingerprint density at radius 3 is 2.57 bits per heavy atom. The number of aromatic amines is 1. The normalized spacial score (nSPS) is 12.3. The predicted molar refractivity (Wildman–Crippen MR) is 94.5 cm³/mol. The van der Waals surface area contributed by atoms with E-state index in [0.29, 0.717) is 6.42 Å². The van der Waals surface area contributed by atoms with Gasteiger partial charge in [-0.3, -0.25) is 4.79 Å².